The van der Waals surface area contributed by atoms with Crippen molar-refractivity contribution in [1.82, 2.24) is 15.3 Å². The summed E-state index contributed by atoms with van der Waals surface area (Å²) in [6, 6.07) is 14.1. The molecule has 0 fully saturated rings. The van der Waals surface area contributed by atoms with Gasteiger partial charge in [0, 0.05) is 11.9 Å². The molecule has 0 radical (unpaired) electrons. The molecule has 1 aromatic heterocycles. The van der Waals surface area contributed by atoms with Crippen molar-refractivity contribution in [2.45, 2.75) is 23.6 Å². The van der Waals surface area contributed by atoms with E-state index in [1.165, 1.54) is 30.2 Å². The molecule has 0 saturated heterocycles. The van der Waals surface area contributed by atoms with Gasteiger partial charge in [0.15, 0.2) is 0 Å². The molecule has 0 aliphatic carbocycles. The van der Waals surface area contributed by atoms with Gasteiger partial charge in [-0.15, -0.1) is 0 Å². The Labute approximate surface area is 149 Å². The number of hydrogen-bond acceptors (Lipinski definition) is 4. The van der Waals surface area contributed by atoms with Crippen molar-refractivity contribution >= 4 is 28.6 Å². The van der Waals surface area contributed by atoms with E-state index in [-0.39, 0.29) is 17.0 Å². The summed E-state index contributed by atoms with van der Waals surface area (Å²) in [5.74, 6) is -0.301. The predicted molar refractivity (Wildman–Crippen MR) is 98.0 cm³/mol. The van der Waals surface area contributed by atoms with Gasteiger partial charge in [-0.05, 0) is 37.1 Å². The lowest BCUT2D eigenvalue weighted by molar-refractivity contribution is -0.120. The van der Waals surface area contributed by atoms with Crippen molar-refractivity contribution in [2.24, 2.45) is 0 Å². The summed E-state index contributed by atoms with van der Waals surface area (Å²) >= 11 is 1.42. The number of rotatable bonds is 6. The first-order valence-electron chi connectivity index (χ1n) is 8.02. The van der Waals surface area contributed by atoms with Gasteiger partial charge in [0.25, 0.3) is 0 Å². The lowest BCUT2D eigenvalue weighted by Crippen LogP contribution is -2.32. The molecular formula is C19H18FN3OS. The first kappa shape index (κ1) is 17.4. The fraction of sp³-hybridized carbons (Fsp3) is 0.211. The van der Waals surface area contributed by atoms with Crippen LogP contribution in [-0.2, 0) is 11.2 Å². The smallest absolute Gasteiger partial charge is 0.233 e. The molecule has 1 amide bonds. The van der Waals surface area contributed by atoms with Crippen LogP contribution < -0.4 is 5.32 Å². The second kappa shape index (κ2) is 8.07. The molecule has 128 valence electrons. The van der Waals surface area contributed by atoms with Gasteiger partial charge in [-0.25, -0.2) is 14.4 Å². The third kappa shape index (κ3) is 4.54. The number of carbonyl (C=O) groups is 1. The van der Waals surface area contributed by atoms with Gasteiger partial charge in [0.05, 0.1) is 10.8 Å². The number of amides is 1. The molecule has 1 N–H and O–H groups in total. The summed E-state index contributed by atoms with van der Waals surface area (Å²) in [7, 11) is 0. The maximum atomic E-state index is 12.9. The van der Waals surface area contributed by atoms with Gasteiger partial charge in [0.2, 0.25) is 5.91 Å². The second-order valence-electron chi connectivity index (χ2n) is 5.62. The molecule has 1 heterocycles. The number of fused-ring (bicyclic) bond motifs is 1. The first-order valence-corrected chi connectivity index (χ1v) is 8.90. The summed E-state index contributed by atoms with van der Waals surface area (Å²) in [6.07, 6.45) is 2.18. The van der Waals surface area contributed by atoms with Gasteiger partial charge in [0.1, 0.15) is 17.2 Å². The minimum atomic E-state index is -0.272. The fourth-order valence-corrected chi connectivity index (χ4v) is 3.35. The maximum absolute atomic E-state index is 12.9. The minimum absolute atomic E-state index is 0.0465. The average molecular weight is 355 g/mol. The molecule has 6 heteroatoms. The van der Waals surface area contributed by atoms with Gasteiger partial charge < -0.3 is 5.32 Å². The van der Waals surface area contributed by atoms with E-state index in [0.717, 1.165) is 21.5 Å². The highest BCUT2D eigenvalue weighted by molar-refractivity contribution is 8.00. The number of carbonyl (C=O) groups excluding carboxylic acids is 1. The highest BCUT2D eigenvalue weighted by atomic mass is 32.2. The van der Waals surface area contributed by atoms with Crippen LogP contribution in [0, 0.1) is 5.82 Å². The monoisotopic (exact) mass is 355 g/mol. The van der Waals surface area contributed by atoms with Gasteiger partial charge in [-0.3, -0.25) is 4.79 Å². The standard InChI is InChI=1S/C19H18FN3OS/c1-13(18(24)21-11-10-14-6-8-15(20)9-7-14)25-19-16-4-2-3-5-17(16)22-12-23-19/h2-9,12-13H,10-11H2,1H3,(H,21,24)/t13-/m0/s1. The summed E-state index contributed by atoms with van der Waals surface area (Å²) in [5.41, 5.74) is 1.85. The Morgan fingerprint density at radius 1 is 1.16 bits per heavy atom. The van der Waals surface area contributed by atoms with Crippen LogP contribution in [0.4, 0.5) is 4.39 Å². The Hall–Kier alpha value is -2.47. The van der Waals surface area contributed by atoms with Crippen molar-refractivity contribution in [3.8, 4) is 0 Å². The number of para-hydroxylation sites is 1. The molecule has 0 unspecified atom stereocenters. The predicted octanol–water partition coefficient (Wildman–Crippen LogP) is 3.61. The molecule has 1 atom stereocenters. The van der Waals surface area contributed by atoms with Crippen molar-refractivity contribution in [3.05, 3.63) is 66.2 Å². The van der Waals surface area contributed by atoms with Crippen LogP contribution in [0.25, 0.3) is 10.9 Å². The Morgan fingerprint density at radius 3 is 2.72 bits per heavy atom. The molecule has 0 spiro atoms. The molecule has 4 nitrogen and oxygen atoms in total. The number of halogens is 1. The molecule has 3 aromatic rings. The second-order valence-corrected chi connectivity index (χ2v) is 6.95. The molecule has 0 bridgehead atoms. The Balaban J connectivity index is 1.56. The number of hydrogen-bond donors (Lipinski definition) is 1. The summed E-state index contributed by atoms with van der Waals surface area (Å²) < 4.78 is 12.9. The van der Waals surface area contributed by atoms with Crippen LogP contribution in [-0.4, -0.2) is 27.7 Å². The maximum Gasteiger partial charge on any atom is 0.233 e. The van der Waals surface area contributed by atoms with Gasteiger partial charge in [-0.1, -0.05) is 42.1 Å². The quantitative estimate of drug-likeness (QED) is 0.542. The first-order chi connectivity index (χ1) is 12.1. The van der Waals surface area contributed by atoms with Gasteiger partial charge >= 0.3 is 0 Å². The lowest BCUT2D eigenvalue weighted by Gasteiger charge is -2.12. The van der Waals surface area contributed by atoms with Crippen LogP contribution in [0.15, 0.2) is 59.9 Å². The fourth-order valence-electron chi connectivity index (χ4n) is 2.42. The molecule has 3 rings (SSSR count). The van der Waals surface area contributed by atoms with Gasteiger partial charge in [-0.2, -0.15) is 0 Å². The molecule has 0 aliphatic rings. The number of benzene rings is 2. The number of aromatic nitrogens is 2. The highest BCUT2D eigenvalue weighted by Crippen LogP contribution is 2.27. The summed E-state index contributed by atoms with van der Waals surface area (Å²) in [5, 5.41) is 4.39. The third-order valence-corrected chi connectivity index (χ3v) is 4.91. The number of nitrogens with one attached hydrogen (secondary N) is 1. The van der Waals surface area contributed by atoms with E-state index in [2.05, 4.69) is 15.3 Å². The van der Waals surface area contributed by atoms with Crippen molar-refractivity contribution in [2.75, 3.05) is 6.54 Å². The Morgan fingerprint density at radius 2 is 1.92 bits per heavy atom. The largest absolute Gasteiger partial charge is 0.355 e. The Kier molecular flexibility index (Phi) is 5.60. The van der Waals surface area contributed by atoms with Crippen LogP contribution in [0.3, 0.4) is 0 Å². The van der Waals surface area contributed by atoms with Crippen LogP contribution in [0.5, 0.6) is 0 Å². The van der Waals surface area contributed by atoms with E-state index in [1.807, 2.05) is 31.2 Å². The van der Waals surface area contributed by atoms with Crippen molar-refractivity contribution in [3.63, 3.8) is 0 Å². The SMILES string of the molecule is C[C@H](Sc1ncnc2ccccc12)C(=O)NCCc1ccc(F)cc1. The molecular weight excluding hydrogens is 337 g/mol. The van der Waals surface area contributed by atoms with Crippen LogP contribution in [0.1, 0.15) is 12.5 Å². The summed E-state index contributed by atoms with van der Waals surface area (Å²) in [6.45, 7) is 2.37. The summed E-state index contributed by atoms with van der Waals surface area (Å²) in [4.78, 5) is 20.8. The zero-order valence-electron chi connectivity index (χ0n) is 13.8. The highest BCUT2D eigenvalue weighted by Gasteiger charge is 2.16. The number of nitrogens with zero attached hydrogens (tertiary/aromatic N) is 2. The lowest BCUT2D eigenvalue weighted by atomic mass is 10.1. The average Bonchev–Trinajstić information content (AvgIpc) is 2.63. The van der Waals surface area contributed by atoms with Crippen molar-refractivity contribution in [1.29, 1.82) is 0 Å². The Bertz CT molecular complexity index is 865. The van der Waals surface area contributed by atoms with E-state index >= 15 is 0 Å². The van der Waals surface area contributed by atoms with E-state index in [1.54, 1.807) is 12.1 Å². The molecule has 0 saturated carbocycles. The van der Waals surface area contributed by atoms with Crippen molar-refractivity contribution < 1.29 is 9.18 Å². The van der Waals surface area contributed by atoms with Crippen LogP contribution >= 0.6 is 11.8 Å². The zero-order valence-corrected chi connectivity index (χ0v) is 14.6. The molecule has 2 aromatic carbocycles. The van der Waals surface area contributed by atoms with Crippen LogP contribution in [0.2, 0.25) is 0 Å². The van der Waals surface area contributed by atoms with E-state index in [0.29, 0.717) is 13.0 Å². The van der Waals surface area contributed by atoms with E-state index in [4.69, 9.17) is 0 Å². The zero-order chi connectivity index (χ0) is 17.6. The topological polar surface area (TPSA) is 54.9 Å². The molecule has 0 aliphatic heterocycles. The normalized spacial score (nSPS) is 12.1. The third-order valence-electron chi connectivity index (χ3n) is 3.79. The number of thioether (sulfide) groups is 1. The van der Waals surface area contributed by atoms with E-state index < -0.39 is 0 Å². The molecule has 25 heavy (non-hydrogen) atoms. The van der Waals surface area contributed by atoms with E-state index in [9.17, 15) is 9.18 Å². The minimum Gasteiger partial charge on any atom is -0.355 e.